The van der Waals surface area contributed by atoms with Crippen LogP contribution in [-0.2, 0) is 11.2 Å². The highest BCUT2D eigenvalue weighted by Gasteiger charge is 2.22. The molecule has 1 N–H and O–H groups in total. The van der Waals surface area contributed by atoms with Gasteiger partial charge in [0.15, 0.2) is 0 Å². The second kappa shape index (κ2) is 5.65. The number of rotatable bonds is 4. The Morgan fingerprint density at radius 3 is 2.56 bits per heavy atom. The molecule has 1 atom stereocenters. The fourth-order valence-electron chi connectivity index (χ4n) is 1.78. The van der Waals surface area contributed by atoms with E-state index in [4.69, 9.17) is 11.6 Å². The minimum Gasteiger partial charge on any atom is -0.481 e. The Balaban J connectivity index is 2.28. The zero-order valence-electron chi connectivity index (χ0n) is 9.58. The SMILES string of the molecule is O=C(O)C(Cc1ccccc1Cl)c1ccccn1. The molecular formula is C14H12ClNO2. The average Bonchev–Trinajstić information content (AvgIpc) is 2.38. The summed E-state index contributed by atoms with van der Waals surface area (Å²) in [5, 5.41) is 9.88. The molecule has 92 valence electrons. The van der Waals surface area contributed by atoms with E-state index in [1.54, 1.807) is 30.5 Å². The number of hydrogen-bond donors (Lipinski definition) is 1. The van der Waals surface area contributed by atoms with Crippen LogP contribution in [0.5, 0.6) is 0 Å². The first-order valence-electron chi connectivity index (χ1n) is 5.55. The van der Waals surface area contributed by atoms with E-state index in [-0.39, 0.29) is 0 Å². The molecule has 0 bridgehead atoms. The van der Waals surface area contributed by atoms with Gasteiger partial charge >= 0.3 is 5.97 Å². The standard InChI is InChI=1S/C14H12ClNO2/c15-12-6-2-1-5-10(12)9-11(14(17)18)13-7-3-4-8-16-13/h1-8,11H,9H2,(H,17,18). The van der Waals surface area contributed by atoms with E-state index < -0.39 is 11.9 Å². The van der Waals surface area contributed by atoms with Gasteiger partial charge in [-0.15, -0.1) is 0 Å². The molecule has 3 nitrogen and oxygen atoms in total. The molecule has 1 heterocycles. The molecule has 2 rings (SSSR count). The molecule has 2 aromatic rings. The van der Waals surface area contributed by atoms with Crippen LogP contribution in [-0.4, -0.2) is 16.1 Å². The first-order valence-corrected chi connectivity index (χ1v) is 5.93. The van der Waals surface area contributed by atoms with E-state index in [9.17, 15) is 9.90 Å². The van der Waals surface area contributed by atoms with E-state index >= 15 is 0 Å². The lowest BCUT2D eigenvalue weighted by Gasteiger charge is -2.12. The maximum atomic E-state index is 11.3. The summed E-state index contributed by atoms with van der Waals surface area (Å²) in [6.07, 6.45) is 1.93. The quantitative estimate of drug-likeness (QED) is 0.920. The van der Waals surface area contributed by atoms with Crippen molar-refractivity contribution in [3.63, 3.8) is 0 Å². The summed E-state index contributed by atoms with van der Waals surface area (Å²) in [7, 11) is 0. The molecule has 0 fully saturated rings. The van der Waals surface area contributed by atoms with Crippen molar-refractivity contribution in [2.24, 2.45) is 0 Å². The summed E-state index contributed by atoms with van der Waals surface area (Å²) in [5.74, 6) is -1.57. The highest BCUT2D eigenvalue weighted by molar-refractivity contribution is 6.31. The van der Waals surface area contributed by atoms with E-state index in [2.05, 4.69) is 4.98 Å². The van der Waals surface area contributed by atoms with Crippen LogP contribution in [0.2, 0.25) is 5.02 Å². The van der Waals surface area contributed by atoms with Crippen molar-refractivity contribution in [1.82, 2.24) is 4.98 Å². The minimum atomic E-state index is -0.895. The normalized spacial score (nSPS) is 12.1. The third kappa shape index (κ3) is 2.87. The number of benzene rings is 1. The van der Waals surface area contributed by atoms with Gasteiger partial charge in [0.2, 0.25) is 0 Å². The summed E-state index contributed by atoms with van der Waals surface area (Å²) in [6.45, 7) is 0. The van der Waals surface area contributed by atoms with Gasteiger partial charge in [-0.05, 0) is 30.2 Å². The zero-order chi connectivity index (χ0) is 13.0. The Hall–Kier alpha value is -1.87. The molecule has 0 saturated heterocycles. The van der Waals surface area contributed by atoms with Crippen molar-refractivity contribution >= 4 is 17.6 Å². The summed E-state index contributed by atoms with van der Waals surface area (Å²) in [6, 6.07) is 12.5. The van der Waals surface area contributed by atoms with Crippen molar-refractivity contribution < 1.29 is 9.90 Å². The number of aromatic nitrogens is 1. The Labute approximate surface area is 110 Å². The van der Waals surface area contributed by atoms with Gasteiger partial charge in [0.25, 0.3) is 0 Å². The molecule has 0 saturated carbocycles. The predicted octanol–water partition coefficient (Wildman–Crippen LogP) is 3.15. The van der Waals surface area contributed by atoms with Gasteiger partial charge in [-0.3, -0.25) is 9.78 Å². The van der Waals surface area contributed by atoms with E-state index in [1.165, 1.54) is 0 Å². The largest absolute Gasteiger partial charge is 0.481 e. The highest BCUT2D eigenvalue weighted by Crippen LogP contribution is 2.24. The second-order valence-corrected chi connectivity index (χ2v) is 4.35. The number of carbonyl (C=O) groups is 1. The minimum absolute atomic E-state index is 0.339. The van der Waals surface area contributed by atoms with E-state index in [0.717, 1.165) is 5.56 Å². The lowest BCUT2D eigenvalue weighted by Crippen LogP contribution is -2.15. The lowest BCUT2D eigenvalue weighted by atomic mass is 9.96. The van der Waals surface area contributed by atoms with Gasteiger partial charge in [0, 0.05) is 11.2 Å². The molecule has 0 aliphatic carbocycles. The molecule has 0 radical (unpaired) electrons. The number of aliphatic carboxylic acids is 1. The van der Waals surface area contributed by atoms with Gasteiger partial charge in [-0.2, -0.15) is 0 Å². The van der Waals surface area contributed by atoms with Crippen LogP contribution >= 0.6 is 11.6 Å². The number of carboxylic acids is 1. The monoisotopic (exact) mass is 261 g/mol. The van der Waals surface area contributed by atoms with Crippen molar-refractivity contribution in [1.29, 1.82) is 0 Å². The smallest absolute Gasteiger partial charge is 0.312 e. The summed E-state index contributed by atoms with van der Waals surface area (Å²) >= 11 is 6.05. The third-order valence-corrected chi connectivity index (χ3v) is 3.09. The molecule has 0 aliphatic rings. The Kier molecular flexibility index (Phi) is 3.95. The Morgan fingerprint density at radius 2 is 1.94 bits per heavy atom. The molecule has 0 spiro atoms. The number of halogens is 1. The van der Waals surface area contributed by atoms with Crippen LogP contribution in [0.25, 0.3) is 0 Å². The Bertz CT molecular complexity index is 543. The van der Waals surface area contributed by atoms with Crippen molar-refractivity contribution in [3.8, 4) is 0 Å². The fraction of sp³-hybridized carbons (Fsp3) is 0.143. The van der Waals surface area contributed by atoms with Crippen LogP contribution in [0.1, 0.15) is 17.2 Å². The number of hydrogen-bond acceptors (Lipinski definition) is 2. The molecule has 18 heavy (non-hydrogen) atoms. The highest BCUT2D eigenvalue weighted by atomic mass is 35.5. The maximum Gasteiger partial charge on any atom is 0.312 e. The van der Waals surface area contributed by atoms with Gasteiger partial charge in [-0.1, -0.05) is 35.9 Å². The van der Waals surface area contributed by atoms with Gasteiger partial charge < -0.3 is 5.11 Å². The first-order chi connectivity index (χ1) is 8.68. The molecule has 0 amide bonds. The summed E-state index contributed by atoms with van der Waals surface area (Å²) in [4.78, 5) is 15.4. The molecule has 1 unspecified atom stereocenters. The maximum absolute atomic E-state index is 11.3. The van der Waals surface area contributed by atoms with Crippen molar-refractivity contribution in [2.75, 3.05) is 0 Å². The molecule has 0 aliphatic heterocycles. The predicted molar refractivity (Wildman–Crippen MR) is 69.8 cm³/mol. The number of carboxylic acid groups (broad SMARTS) is 1. The fourth-order valence-corrected chi connectivity index (χ4v) is 2.00. The van der Waals surface area contributed by atoms with E-state index in [0.29, 0.717) is 17.1 Å². The summed E-state index contributed by atoms with van der Waals surface area (Å²) < 4.78 is 0. The van der Waals surface area contributed by atoms with Crippen LogP contribution < -0.4 is 0 Å². The molecule has 1 aromatic carbocycles. The lowest BCUT2D eigenvalue weighted by molar-refractivity contribution is -0.138. The molecule has 1 aromatic heterocycles. The van der Waals surface area contributed by atoms with Crippen molar-refractivity contribution in [2.45, 2.75) is 12.3 Å². The van der Waals surface area contributed by atoms with Crippen molar-refractivity contribution in [3.05, 3.63) is 64.9 Å². The average molecular weight is 262 g/mol. The van der Waals surface area contributed by atoms with Crippen LogP contribution in [0, 0.1) is 0 Å². The zero-order valence-corrected chi connectivity index (χ0v) is 10.3. The van der Waals surface area contributed by atoms with E-state index in [1.807, 2.05) is 18.2 Å². The van der Waals surface area contributed by atoms with Crippen LogP contribution in [0.4, 0.5) is 0 Å². The van der Waals surface area contributed by atoms with Gasteiger partial charge in [-0.25, -0.2) is 0 Å². The number of nitrogens with zero attached hydrogens (tertiary/aromatic N) is 1. The third-order valence-electron chi connectivity index (χ3n) is 2.72. The molecular weight excluding hydrogens is 250 g/mol. The second-order valence-electron chi connectivity index (χ2n) is 3.94. The summed E-state index contributed by atoms with van der Waals surface area (Å²) in [5.41, 5.74) is 1.36. The van der Waals surface area contributed by atoms with Gasteiger partial charge in [0.1, 0.15) is 5.92 Å². The van der Waals surface area contributed by atoms with Crippen LogP contribution in [0.15, 0.2) is 48.7 Å². The van der Waals surface area contributed by atoms with Crippen LogP contribution in [0.3, 0.4) is 0 Å². The Morgan fingerprint density at radius 1 is 1.22 bits per heavy atom. The first kappa shape index (κ1) is 12.6. The topological polar surface area (TPSA) is 50.2 Å². The molecule has 4 heteroatoms. The number of pyridine rings is 1. The van der Waals surface area contributed by atoms with Gasteiger partial charge in [0.05, 0.1) is 5.69 Å².